The lowest BCUT2D eigenvalue weighted by Gasteiger charge is -2.23. The number of carbonyl (C=O) groups excluding carboxylic acids is 1. The summed E-state index contributed by atoms with van der Waals surface area (Å²) in [5.74, 6) is -0.909. The maximum absolute atomic E-state index is 12.8. The second kappa shape index (κ2) is 11.1. The van der Waals surface area contributed by atoms with E-state index in [9.17, 15) is 18.0 Å². The van der Waals surface area contributed by atoms with Gasteiger partial charge in [0, 0.05) is 6.42 Å². The van der Waals surface area contributed by atoms with E-state index in [1.807, 2.05) is 0 Å². The van der Waals surface area contributed by atoms with Crippen molar-refractivity contribution < 1.29 is 32.6 Å². The average Bonchev–Trinajstić information content (AvgIpc) is 2.70. The number of benzene rings is 2. The van der Waals surface area contributed by atoms with Crippen molar-refractivity contribution in [2.45, 2.75) is 56.6 Å². The first kappa shape index (κ1) is 25.4. The molecule has 2 rings (SSSR count). The SMILES string of the molecule is CC(C)(C)OC(=O)CC(NS(=O)(=O)c1ccccc1)c1ccc(OCCCC(=O)O)cc1. The highest BCUT2D eigenvalue weighted by Crippen LogP contribution is 2.24. The molecule has 0 fully saturated rings. The van der Waals surface area contributed by atoms with Crippen molar-refractivity contribution in [3.63, 3.8) is 0 Å². The molecule has 0 aliphatic carbocycles. The highest BCUT2D eigenvalue weighted by molar-refractivity contribution is 7.89. The summed E-state index contributed by atoms with van der Waals surface area (Å²) in [7, 11) is -3.88. The highest BCUT2D eigenvalue weighted by atomic mass is 32.2. The molecule has 2 N–H and O–H groups in total. The number of nitrogens with one attached hydrogen (secondary N) is 1. The zero-order chi connectivity index (χ0) is 23.8. The fraction of sp³-hybridized carbons (Fsp3) is 0.391. The quantitative estimate of drug-likeness (QED) is 0.385. The third-order valence-electron chi connectivity index (χ3n) is 4.23. The van der Waals surface area contributed by atoms with E-state index >= 15 is 0 Å². The summed E-state index contributed by atoms with van der Waals surface area (Å²) in [6.07, 6.45) is 0.189. The fourth-order valence-electron chi connectivity index (χ4n) is 2.84. The number of carbonyl (C=O) groups is 2. The molecule has 0 amide bonds. The number of sulfonamides is 1. The van der Waals surface area contributed by atoms with Gasteiger partial charge in [-0.3, -0.25) is 9.59 Å². The summed E-state index contributed by atoms with van der Waals surface area (Å²) < 4.78 is 39.2. The predicted molar refractivity (Wildman–Crippen MR) is 119 cm³/mol. The number of ether oxygens (including phenoxy) is 2. The van der Waals surface area contributed by atoms with Crippen LogP contribution in [0.1, 0.15) is 51.6 Å². The minimum atomic E-state index is -3.88. The smallest absolute Gasteiger partial charge is 0.308 e. The van der Waals surface area contributed by atoms with E-state index in [0.29, 0.717) is 17.7 Å². The van der Waals surface area contributed by atoms with Gasteiger partial charge in [-0.1, -0.05) is 30.3 Å². The van der Waals surface area contributed by atoms with Gasteiger partial charge in [0.1, 0.15) is 11.4 Å². The second-order valence-corrected chi connectivity index (χ2v) is 9.91. The van der Waals surface area contributed by atoms with Crippen molar-refractivity contribution >= 4 is 22.0 Å². The van der Waals surface area contributed by atoms with Crippen LogP contribution < -0.4 is 9.46 Å². The van der Waals surface area contributed by atoms with E-state index in [1.54, 1.807) is 63.2 Å². The molecule has 32 heavy (non-hydrogen) atoms. The van der Waals surface area contributed by atoms with Gasteiger partial charge in [-0.15, -0.1) is 0 Å². The molecule has 2 aromatic carbocycles. The Bertz CT molecular complexity index is 997. The number of aliphatic carboxylic acids is 1. The normalized spacial score (nSPS) is 12.7. The second-order valence-electron chi connectivity index (χ2n) is 8.19. The van der Waals surface area contributed by atoms with E-state index in [0.717, 1.165) is 0 Å². The molecule has 0 aliphatic rings. The molecule has 0 spiro atoms. The maximum atomic E-state index is 12.8. The molecule has 0 heterocycles. The average molecular weight is 464 g/mol. The maximum Gasteiger partial charge on any atom is 0.308 e. The van der Waals surface area contributed by atoms with Gasteiger partial charge >= 0.3 is 11.9 Å². The lowest BCUT2D eigenvalue weighted by molar-refractivity contribution is -0.155. The Hall–Kier alpha value is -2.91. The number of hydrogen-bond donors (Lipinski definition) is 2. The van der Waals surface area contributed by atoms with Gasteiger partial charge in [-0.25, -0.2) is 13.1 Å². The van der Waals surface area contributed by atoms with Crippen LogP contribution in [0.25, 0.3) is 0 Å². The minimum Gasteiger partial charge on any atom is -0.494 e. The van der Waals surface area contributed by atoms with Gasteiger partial charge in [0.05, 0.1) is 24.0 Å². The van der Waals surface area contributed by atoms with Crippen molar-refractivity contribution in [3.8, 4) is 5.75 Å². The molecule has 0 aromatic heterocycles. The van der Waals surface area contributed by atoms with Gasteiger partial charge in [-0.2, -0.15) is 0 Å². The molecule has 1 unspecified atom stereocenters. The van der Waals surface area contributed by atoms with Crippen LogP contribution in [0, 0.1) is 0 Å². The first-order valence-electron chi connectivity index (χ1n) is 10.2. The number of hydrogen-bond acceptors (Lipinski definition) is 6. The Morgan fingerprint density at radius 1 is 1.03 bits per heavy atom. The summed E-state index contributed by atoms with van der Waals surface area (Å²) in [5, 5.41) is 8.68. The van der Waals surface area contributed by atoms with Crippen LogP contribution in [0.5, 0.6) is 5.75 Å². The third kappa shape index (κ3) is 8.68. The summed E-state index contributed by atoms with van der Waals surface area (Å²) in [4.78, 5) is 23.1. The standard InChI is InChI=1S/C23H29NO7S/c1-23(2,3)31-22(27)16-20(24-32(28,29)19-8-5-4-6-9-19)17-11-13-18(14-12-17)30-15-7-10-21(25)26/h4-6,8-9,11-14,20,24H,7,10,15-16H2,1-3H3,(H,25,26). The zero-order valence-corrected chi connectivity index (χ0v) is 19.2. The Labute approximate surface area is 188 Å². The van der Waals surface area contributed by atoms with Gasteiger partial charge in [0.2, 0.25) is 10.0 Å². The predicted octanol–water partition coefficient (Wildman–Crippen LogP) is 3.68. The molecule has 0 saturated carbocycles. The topological polar surface area (TPSA) is 119 Å². The van der Waals surface area contributed by atoms with Gasteiger partial charge in [-0.05, 0) is 57.0 Å². The molecule has 8 nitrogen and oxygen atoms in total. The zero-order valence-electron chi connectivity index (χ0n) is 18.4. The Morgan fingerprint density at radius 2 is 1.66 bits per heavy atom. The fourth-order valence-corrected chi connectivity index (χ4v) is 4.09. The van der Waals surface area contributed by atoms with Crippen molar-refractivity contribution in [3.05, 3.63) is 60.2 Å². The first-order chi connectivity index (χ1) is 15.0. The number of carboxylic acids is 1. The van der Waals surface area contributed by atoms with Gasteiger partial charge in [0.25, 0.3) is 0 Å². The Balaban J connectivity index is 2.18. The van der Waals surface area contributed by atoms with Crippen LogP contribution in [-0.2, 0) is 24.3 Å². The number of esters is 1. The highest BCUT2D eigenvalue weighted by Gasteiger charge is 2.26. The third-order valence-corrected chi connectivity index (χ3v) is 5.72. The molecular weight excluding hydrogens is 434 g/mol. The van der Waals surface area contributed by atoms with E-state index in [4.69, 9.17) is 14.6 Å². The number of rotatable bonds is 11. The van der Waals surface area contributed by atoms with Crippen molar-refractivity contribution in [1.82, 2.24) is 4.72 Å². The molecule has 9 heteroatoms. The van der Waals surface area contributed by atoms with Crippen LogP contribution in [-0.4, -0.2) is 37.7 Å². The number of carboxylic acid groups (broad SMARTS) is 1. The summed E-state index contributed by atoms with van der Waals surface area (Å²) in [6.45, 7) is 5.47. The summed E-state index contributed by atoms with van der Waals surface area (Å²) in [5.41, 5.74) is -0.138. The monoisotopic (exact) mass is 463 g/mol. The molecular formula is C23H29NO7S. The van der Waals surface area contributed by atoms with Crippen LogP contribution >= 0.6 is 0 Å². The van der Waals surface area contributed by atoms with Crippen LogP contribution in [0.3, 0.4) is 0 Å². The summed E-state index contributed by atoms with van der Waals surface area (Å²) >= 11 is 0. The largest absolute Gasteiger partial charge is 0.494 e. The Kier molecular flexibility index (Phi) is 8.80. The first-order valence-corrected chi connectivity index (χ1v) is 11.7. The van der Waals surface area contributed by atoms with Crippen LogP contribution in [0.4, 0.5) is 0 Å². The lowest BCUT2D eigenvalue weighted by atomic mass is 10.0. The lowest BCUT2D eigenvalue weighted by Crippen LogP contribution is -2.32. The molecule has 1 atom stereocenters. The summed E-state index contributed by atoms with van der Waals surface area (Å²) in [6, 6.07) is 13.7. The Morgan fingerprint density at radius 3 is 2.22 bits per heavy atom. The van der Waals surface area contributed by atoms with E-state index in [-0.39, 0.29) is 24.3 Å². The molecule has 0 radical (unpaired) electrons. The van der Waals surface area contributed by atoms with E-state index in [2.05, 4.69) is 4.72 Å². The van der Waals surface area contributed by atoms with Gasteiger partial charge < -0.3 is 14.6 Å². The molecule has 0 bridgehead atoms. The molecule has 0 saturated heterocycles. The molecule has 2 aromatic rings. The van der Waals surface area contributed by atoms with Crippen LogP contribution in [0.2, 0.25) is 0 Å². The molecule has 174 valence electrons. The van der Waals surface area contributed by atoms with E-state index in [1.165, 1.54) is 12.1 Å². The van der Waals surface area contributed by atoms with Crippen molar-refractivity contribution in [1.29, 1.82) is 0 Å². The van der Waals surface area contributed by atoms with Crippen LogP contribution in [0.15, 0.2) is 59.5 Å². The van der Waals surface area contributed by atoms with Crippen molar-refractivity contribution in [2.75, 3.05) is 6.61 Å². The minimum absolute atomic E-state index is 0.0112. The molecule has 0 aliphatic heterocycles. The van der Waals surface area contributed by atoms with E-state index < -0.39 is 33.6 Å². The van der Waals surface area contributed by atoms with Gasteiger partial charge in [0.15, 0.2) is 0 Å². The van der Waals surface area contributed by atoms with Crippen molar-refractivity contribution in [2.24, 2.45) is 0 Å².